The molecule has 1 aromatic rings. The summed E-state index contributed by atoms with van der Waals surface area (Å²) >= 11 is 3.43. The van der Waals surface area contributed by atoms with Gasteiger partial charge in [-0.15, -0.1) is 0 Å². The van der Waals surface area contributed by atoms with Crippen LogP contribution in [0.25, 0.3) is 0 Å². The zero-order chi connectivity index (χ0) is 12.8. The highest BCUT2D eigenvalue weighted by Crippen LogP contribution is 2.51. The van der Waals surface area contributed by atoms with E-state index in [2.05, 4.69) is 15.9 Å². The van der Waals surface area contributed by atoms with Crippen LogP contribution in [0.1, 0.15) is 18.4 Å². The molecule has 0 N–H and O–H groups in total. The molecule has 2 aliphatic rings. The van der Waals surface area contributed by atoms with Crippen LogP contribution >= 0.6 is 15.9 Å². The van der Waals surface area contributed by atoms with Crippen LogP contribution in [-0.2, 0) is 14.9 Å². The normalized spacial score (nSPS) is 34.8. The third kappa shape index (κ3) is 1.82. The summed E-state index contributed by atoms with van der Waals surface area (Å²) in [6.07, 6.45) is 2.03. The van der Waals surface area contributed by atoms with E-state index in [1.165, 1.54) is 6.07 Å². The van der Waals surface area contributed by atoms with Crippen LogP contribution in [0, 0.1) is 11.7 Å². The van der Waals surface area contributed by atoms with Crippen molar-refractivity contribution in [3.05, 3.63) is 34.1 Å². The molecule has 1 saturated heterocycles. The van der Waals surface area contributed by atoms with Gasteiger partial charge in [0.05, 0.1) is 19.3 Å². The highest BCUT2D eigenvalue weighted by atomic mass is 79.9. The molecule has 0 aromatic heterocycles. The van der Waals surface area contributed by atoms with Crippen molar-refractivity contribution in [1.82, 2.24) is 0 Å². The summed E-state index contributed by atoms with van der Waals surface area (Å²) < 4.78 is 26.2. The van der Waals surface area contributed by atoms with E-state index in [1.807, 2.05) is 6.07 Å². The maximum Gasteiger partial charge on any atom is 0.127 e. The SMILES string of the molecule is CO[C@@H]1C[C@H]2COC[C@@]2(c2cc(Br)ccc2F)C1. The van der Waals surface area contributed by atoms with E-state index < -0.39 is 0 Å². The molecule has 98 valence electrons. The second-order valence-corrected chi connectivity index (χ2v) is 6.21. The van der Waals surface area contributed by atoms with Crippen molar-refractivity contribution in [2.45, 2.75) is 24.4 Å². The molecule has 1 saturated carbocycles. The first kappa shape index (κ1) is 12.6. The van der Waals surface area contributed by atoms with Gasteiger partial charge in [-0.25, -0.2) is 4.39 Å². The van der Waals surface area contributed by atoms with Gasteiger partial charge in [0, 0.05) is 17.0 Å². The number of ether oxygens (including phenoxy) is 2. The lowest BCUT2D eigenvalue weighted by Gasteiger charge is -2.28. The lowest BCUT2D eigenvalue weighted by atomic mass is 9.74. The lowest BCUT2D eigenvalue weighted by Crippen LogP contribution is -2.31. The van der Waals surface area contributed by atoms with Crippen molar-refractivity contribution < 1.29 is 13.9 Å². The summed E-state index contributed by atoms with van der Waals surface area (Å²) in [6.45, 7) is 1.32. The van der Waals surface area contributed by atoms with Crippen molar-refractivity contribution in [3.8, 4) is 0 Å². The van der Waals surface area contributed by atoms with Gasteiger partial charge >= 0.3 is 0 Å². The van der Waals surface area contributed by atoms with Crippen LogP contribution in [0.4, 0.5) is 4.39 Å². The average Bonchev–Trinajstić information content (AvgIpc) is 2.89. The molecule has 18 heavy (non-hydrogen) atoms. The van der Waals surface area contributed by atoms with Crippen LogP contribution < -0.4 is 0 Å². The van der Waals surface area contributed by atoms with Gasteiger partial charge in [0.25, 0.3) is 0 Å². The van der Waals surface area contributed by atoms with Gasteiger partial charge in [-0.2, -0.15) is 0 Å². The maximum atomic E-state index is 14.2. The molecule has 0 amide bonds. The van der Waals surface area contributed by atoms with E-state index in [9.17, 15) is 4.39 Å². The molecule has 1 aliphatic carbocycles. The molecule has 0 bridgehead atoms. The van der Waals surface area contributed by atoms with Crippen molar-refractivity contribution in [3.63, 3.8) is 0 Å². The third-order valence-corrected chi connectivity index (χ3v) is 4.89. The molecule has 0 spiro atoms. The van der Waals surface area contributed by atoms with Crippen LogP contribution in [0.5, 0.6) is 0 Å². The van der Waals surface area contributed by atoms with Crippen molar-refractivity contribution in [2.24, 2.45) is 5.92 Å². The Morgan fingerprint density at radius 2 is 2.33 bits per heavy atom. The Kier molecular flexibility index (Phi) is 3.20. The molecule has 1 aromatic carbocycles. The Hall–Kier alpha value is -0.450. The largest absolute Gasteiger partial charge is 0.381 e. The minimum absolute atomic E-state index is 0.134. The number of benzene rings is 1. The first-order chi connectivity index (χ1) is 8.65. The summed E-state index contributed by atoms with van der Waals surface area (Å²) in [5, 5.41) is 0. The molecule has 3 atom stereocenters. The number of hydrogen-bond donors (Lipinski definition) is 0. The smallest absolute Gasteiger partial charge is 0.127 e. The third-order valence-electron chi connectivity index (χ3n) is 4.40. The fourth-order valence-electron chi connectivity index (χ4n) is 3.45. The zero-order valence-electron chi connectivity index (χ0n) is 10.3. The van der Waals surface area contributed by atoms with Crippen molar-refractivity contribution >= 4 is 15.9 Å². The predicted molar refractivity (Wildman–Crippen MR) is 70.1 cm³/mol. The standard InChI is InChI=1S/C14H16BrFO2/c1-17-11-4-9-7-18-8-14(9,6-11)12-5-10(15)2-3-13(12)16/h2-3,5,9,11H,4,6-8H2,1H3/t9-,11+,14-/m0/s1. The van der Waals surface area contributed by atoms with E-state index in [0.29, 0.717) is 19.1 Å². The van der Waals surface area contributed by atoms with Gasteiger partial charge in [-0.3, -0.25) is 0 Å². The number of halogens is 2. The molecule has 0 unspecified atom stereocenters. The van der Waals surface area contributed by atoms with E-state index in [4.69, 9.17) is 9.47 Å². The molecule has 1 heterocycles. The molecule has 2 fully saturated rings. The van der Waals surface area contributed by atoms with Gasteiger partial charge in [-0.1, -0.05) is 15.9 Å². The second kappa shape index (κ2) is 4.58. The quantitative estimate of drug-likeness (QED) is 0.834. The fourth-order valence-corrected chi connectivity index (χ4v) is 3.81. The molecule has 2 nitrogen and oxygen atoms in total. The zero-order valence-corrected chi connectivity index (χ0v) is 11.9. The number of hydrogen-bond acceptors (Lipinski definition) is 2. The predicted octanol–water partition coefficient (Wildman–Crippen LogP) is 3.28. The first-order valence-electron chi connectivity index (χ1n) is 6.22. The molecular formula is C14H16BrFO2. The highest BCUT2D eigenvalue weighted by Gasteiger charge is 2.53. The number of fused-ring (bicyclic) bond motifs is 1. The molecule has 0 radical (unpaired) electrons. The molecular weight excluding hydrogens is 299 g/mol. The average molecular weight is 315 g/mol. The Labute approximate surface area is 115 Å². The van der Waals surface area contributed by atoms with Gasteiger partial charge in [0.1, 0.15) is 5.82 Å². The molecule has 3 rings (SSSR count). The van der Waals surface area contributed by atoms with E-state index in [-0.39, 0.29) is 17.3 Å². The van der Waals surface area contributed by atoms with Gasteiger partial charge < -0.3 is 9.47 Å². The van der Waals surface area contributed by atoms with Crippen molar-refractivity contribution in [2.75, 3.05) is 20.3 Å². The van der Waals surface area contributed by atoms with Gasteiger partial charge in [-0.05, 0) is 42.5 Å². The molecule has 4 heteroatoms. The Morgan fingerprint density at radius 3 is 3.11 bits per heavy atom. The van der Waals surface area contributed by atoms with Crippen LogP contribution in [0.3, 0.4) is 0 Å². The summed E-state index contributed by atoms with van der Waals surface area (Å²) in [5.74, 6) is 0.233. The van der Waals surface area contributed by atoms with Gasteiger partial charge in [0.15, 0.2) is 0 Å². The van der Waals surface area contributed by atoms with Gasteiger partial charge in [0.2, 0.25) is 0 Å². The first-order valence-corrected chi connectivity index (χ1v) is 7.01. The minimum atomic E-state index is -0.200. The monoisotopic (exact) mass is 314 g/mol. The number of rotatable bonds is 2. The van der Waals surface area contributed by atoms with Crippen LogP contribution in [0.15, 0.2) is 22.7 Å². The molecule has 1 aliphatic heterocycles. The Balaban J connectivity index is 2.05. The fraction of sp³-hybridized carbons (Fsp3) is 0.571. The maximum absolute atomic E-state index is 14.2. The number of methoxy groups -OCH3 is 1. The second-order valence-electron chi connectivity index (χ2n) is 5.29. The van der Waals surface area contributed by atoms with E-state index >= 15 is 0 Å². The van der Waals surface area contributed by atoms with Crippen LogP contribution in [-0.4, -0.2) is 26.4 Å². The summed E-state index contributed by atoms with van der Waals surface area (Å²) in [5.41, 5.74) is 0.577. The summed E-state index contributed by atoms with van der Waals surface area (Å²) in [4.78, 5) is 0. The topological polar surface area (TPSA) is 18.5 Å². The van der Waals surface area contributed by atoms with E-state index in [1.54, 1.807) is 13.2 Å². The Morgan fingerprint density at radius 1 is 1.50 bits per heavy atom. The van der Waals surface area contributed by atoms with Crippen LogP contribution in [0.2, 0.25) is 0 Å². The minimum Gasteiger partial charge on any atom is -0.381 e. The summed E-state index contributed by atoms with van der Waals surface area (Å²) in [7, 11) is 1.73. The highest BCUT2D eigenvalue weighted by molar-refractivity contribution is 9.10. The summed E-state index contributed by atoms with van der Waals surface area (Å²) in [6, 6.07) is 5.17. The van der Waals surface area contributed by atoms with E-state index in [0.717, 1.165) is 22.9 Å². The Bertz CT molecular complexity index is 465. The lowest BCUT2D eigenvalue weighted by molar-refractivity contribution is 0.0787. The van der Waals surface area contributed by atoms with Crippen molar-refractivity contribution in [1.29, 1.82) is 0 Å².